The van der Waals surface area contributed by atoms with Gasteiger partial charge in [-0.1, -0.05) is 0 Å². The van der Waals surface area contributed by atoms with Gasteiger partial charge in [-0.3, -0.25) is 0 Å². The standard InChI is InChI=1S/C14H15F2N3/c1-4-17-14-8(2)13(18-9(3)19-14)10-5-6-11(15)12(16)7-10/h5-7H,4H2,1-3H3,(H,17,18,19). The van der Waals surface area contributed by atoms with Gasteiger partial charge in [0.05, 0.1) is 5.69 Å². The fourth-order valence-electron chi connectivity index (χ4n) is 1.89. The largest absolute Gasteiger partial charge is 0.370 e. The van der Waals surface area contributed by atoms with Gasteiger partial charge < -0.3 is 5.32 Å². The lowest BCUT2D eigenvalue weighted by Gasteiger charge is -2.12. The average molecular weight is 263 g/mol. The molecule has 1 N–H and O–H groups in total. The van der Waals surface area contributed by atoms with Crippen molar-refractivity contribution in [2.75, 3.05) is 11.9 Å². The highest BCUT2D eigenvalue weighted by molar-refractivity contribution is 5.68. The molecule has 0 aliphatic heterocycles. The van der Waals surface area contributed by atoms with Crippen molar-refractivity contribution in [1.82, 2.24) is 9.97 Å². The lowest BCUT2D eigenvalue weighted by atomic mass is 10.1. The van der Waals surface area contributed by atoms with Crippen LogP contribution in [-0.2, 0) is 0 Å². The van der Waals surface area contributed by atoms with Crippen molar-refractivity contribution in [1.29, 1.82) is 0 Å². The molecule has 0 amide bonds. The maximum atomic E-state index is 13.3. The summed E-state index contributed by atoms with van der Waals surface area (Å²) in [5, 5.41) is 3.13. The van der Waals surface area contributed by atoms with Crippen LogP contribution in [0, 0.1) is 25.5 Å². The third kappa shape index (κ3) is 2.70. The van der Waals surface area contributed by atoms with E-state index in [0.29, 0.717) is 17.1 Å². The van der Waals surface area contributed by atoms with Crippen LogP contribution in [0.3, 0.4) is 0 Å². The number of nitrogens with zero attached hydrogens (tertiary/aromatic N) is 2. The summed E-state index contributed by atoms with van der Waals surface area (Å²) in [4.78, 5) is 8.61. The maximum absolute atomic E-state index is 13.3. The third-order valence-corrected chi connectivity index (χ3v) is 2.79. The van der Waals surface area contributed by atoms with Crippen molar-refractivity contribution < 1.29 is 8.78 Å². The summed E-state index contributed by atoms with van der Waals surface area (Å²) in [5.74, 6) is -0.437. The van der Waals surface area contributed by atoms with Crippen LogP contribution in [0.1, 0.15) is 18.3 Å². The molecule has 19 heavy (non-hydrogen) atoms. The van der Waals surface area contributed by atoms with Crippen molar-refractivity contribution >= 4 is 5.82 Å². The summed E-state index contributed by atoms with van der Waals surface area (Å²) in [6, 6.07) is 3.78. The van der Waals surface area contributed by atoms with Gasteiger partial charge >= 0.3 is 0 Å². The first-order valence-electron chi connectivity index (χ1n) is 6.07. The highest BCUT2D eigenvalue weighted by Crippen LogP contribution is 2.26. The highest BCUT2D eigenvalue weighted by atomic mass is 19.2. The van der Waals surface area contributed by atoms with Crippen LogP contribution in [0.15, 0.2) is 18.2 Å². The number of aromatic nitrogens is 2. The van der Waals surface area contributed by atoms with E-state index in [1.54, 1.807) is 6.92 Å². The van der Waals surface area contributed by atoms with Crippen LogP contribution in [0.25, 0.3) is 11.3 Å². The molecule has 1 heterocycles. The van der Waals surface area contributed by atoms with Gasteiger partial charge in [-0.25, -0.2) is 18.7 Å². The van der Waals surface area contributed by atoms with Gasteiger partial charge in [0, 0.05) is 17.7 Å². The number of halogens is 2. The lowest BCUT2D eigenvalue weighted by molar-refractivity contribution is 0.509. The minimum atomic E-state index is -0.877. The number of hydrogen-bond donors (Lipinski definition) is 1. The molecule has 0 radical (unpaired) electrons. The van der Waals surface area contributed by atoms with E-state index in [2.05, 4.69) is 15.3 Å². The number of benzene rings is 1. The van der Waals surface area contributed by atoms with Crippen molar-refractivity contribution in [2.24, 2.45) is 0 Å². The second-order valence-electron chi connectivity index (χ2n) is 4.25. The first kappa shape index (κ1) is 13.4. The molecule has 1 aromatic heterocycles. The first-order valence-corrected chi connectivity index (χ1v) is 6.07. The zero-order valence-corrected chi connectivity index (χ0v) is 11.1. The molecule has 1 aromatic carbocycles. The molecule has 0 spiro atoms. The molecular weight excluding hydrogens is 248 g/mol. The summed E-state index contributed by atoms with van der Waals surface area (Å²) in [7, 11) is 0. The van der Waals surface area contributed by atoms with Crippen molar-refractivity contribution in [3.05, 3.63) is 41.2 Å². The Morgan fingerprint density at radius 2 is 1.84 bits per heavy atom. The Balaban J connectivity index is 2.57. The van der Waals surface area contributed by atoms with Gasteiger partial charge in [0.2, 0.25) is 0 Å². The first-order chi connectivity index (χ1) is 9.02. The Kier molecular flexibility index (Phi) is 3.74. The number of anilines is 1. The predicted octanol–water partition coefficient (Wildman–Crippen LogP) is 3.47. The summed E-state index contributed by atoms with van der Waals surface area (Å²) < 4.78 is 26.3. The quantitative estimate of drug-likeness (QED) is 0.921. The molecule has 0 unspecified atom stereocenters. The van der Waals surface area contributed by atoms with Crippen molar-refractivity contribution in [3.63, 3.8) is 0 Å². The summed E-state index contributed by atoms with van der Waals surface area (Å²) in [6.07, 6.45) is 0. The normalized spacial score (nSPS) is 10.6. The second kappa shape index (κ2) is 5.30. The van der Waals surface area contributed by atoms with Gasteiger partial charge in [0.25, 0.3) is 0 Å². The van der Waals surface area contributed by atoms with Gasteiger partial charge in [0.1, 0.15) is 11.6 Å². The Hall–Kier alpha value is -2.04. The fraction of sp³-hybridized carbons (Fsp3) is 0.286. The van der Waals surface area contributed by atoms with E-state index in [9.17, 15) is 8.78 Å². The van der Waals surface area contributed by atoms with E-state index >= 15 is 0 Å². The second-order valence-corrected chi connectivity index (χ2v) is 4.25. The highest BCUT2D eigenvalue weighted by Gasteiger charge is 2.12. The molecule has 0 saturated carbocycles. The van der Waals surface area contributed by atoms with Gasteiger partial charge in [0.15, 0.2) is 11.6 Å². The molecule has 5 heteroatoms. The number of aryl methyl sites for hydroxylation is 1. The van der Waals surface area contributed by atoms with E-state index in [-0.39, 0.29) is 0 Å². The molecule has 0 atom stereocenters. The minimum Gasteiger partial charge on any atom is -0.370 e. The summed E-state index contributed by atoms with van der Waals surface area (Å²) >= 11 is 0. The molecule has 0 aliphatic carbocycles. The molecule has 3 nitrogen and oxygen atoms in total. The summed E-state index contributed by atoms with van der Waals surface area (Å²) in [5.41, 5.74) is 1.97. The smallest absolute Gasteiger partial charge is 0.159 e. The predicted molar refractivity (Wildman–Crippen MR) is 71.0 cm³/mol. The van der Waals surface area contributed by atoms with E-state index < -0.39 is 11.6 Å². The van der Waals surface area contributed by atoms with Crippen LogP contribution in [0.5, 0.6) is 0 Å². The number of rotatable bonds is 3. The average Bonchev–Trinajstić information content (AvgIpc) is 2.37. The zero-order valence-electron chi connectivity index (χ0n) is 11.1. The summed E-state index contributed by atoms with van der Waals surface area (Å²) in [6.45, 7) is 6.32. The van der Waals surface area contributed by atoms with E-state index in [4.69, 9.17) is 0 Å². The van der Waals surface area contributed by atoms with Crippen LogP contribution in [0.4, 0.5) is 14.6 Å². The third-order valence-electron chi connectivity index (χ3n) is 2.79. The maximum Gasteiger partial charge on any atom is 0.159 e. The van der Waals surface area contributed by atoms with Crippen molar-refractivity contribution in [3.8, 4) is 11.3 Å². The van der Waals surface area contributed by atoms with Gasteiger partial charge in [-0.15, -0.1) is 0 Å². The lowest BCUT2D eigenvalue weighted by Crippen LogP contribution is -2.06. The Labute approximate surface area is 110 Å². The Morgan fingerprint density at radius 1 is 1.11 bits per heavy atom. The molecule has 2 rings (SSSR count). The molecule has 100 valence electrons. The van der Waals surface area contributed by atoms with Crippen LogP contribution >= 0.6 is 0 Å². The van der Waals surface area contributed by atoms with E-state index in [1.165, 1.54) is 6.07 Å². The Bertz CT molecular complexity index is 612. The molecule has 0 fully saturated rings. The van der Waals surface area contributed by atoms with Crippen LogP contribution < -0.4 is 5.32 Å². The van der Waals surface area contributed by atoms with E-state index in [0.717, 1.165) is 30.1 Å². The zero-order chi connectivity index (χ0) is 14.0. The van der Waals surface area contributed by atoms with Crippen LogP contribution in [0.2, 0.25) is 0 Å². The van der Waals surface area contributed by atoms with Gasteiger partial charge in [-0.2, -0.15) is 0 Å². The Morgan fingerprint density at radius 3 is 2.47 bits per heavy atom. The van der Waals surface area contributed by atoms with E-state index in [1.807, 2.05) is 13.8 Å². The molecule has 2 aromatic rings. The topological polar surface area (TPSA) is 37.8 Å². The van der Waals surface area contributed by atoms with Crippen LogP contribution in [-0.4, -0.2) is 16.5 Å². The molecular formula is C14H15F2N3. The SMILES string of the molecule is CCNc1nc(C)nc(-c2ccc(F)c(F)c2)c1C. The minimum absolute atomic E-state index is 0.543. The van der Waals surface area contributed by atoms with Gasteiger partial charge in [-0.05, 0) is 39.0 Å². The number of nitrogens with one attached hydrogen (secondary N) is 1. The number of hydrogen-bond acceptors (Lipinski definition) is 3. The fourth-order valence-corrected chi connectivity index (χ4v) is 1.89. The van der Waals surface area contributed by atoms with Crippen molar-refractivity contribution in [2.45, 2.75) is 20.8 Å². The monoisotopic (exact) mass is 263 g/mol. The molecule has 0 bridgehead atoms. The molecule has 0 saturated heterocycles. The molecule has 0 aliphatic rings.